The van der Waals surface area contributed by atoms with E-state index in [1.54, 1.807) is 6.20 Å². The van der Waals surface area contributed by atoms with Crippen molar-refractivity contribution >= 4 is 11.3 Å². The van der Waals surface area contributed by atoms with Crippen molar-refractivity contribution in [3.63, 3.8) is 0 Å². The van der Waals surface area contributed by atoms with Gasteiger partial charge in [0.25, 0.3) is 0 Å². The number of nitrogens with zero attached hydrogens (tertiary/aromatic N) is 2. The van der Waals surface area contributed by atoms with Crippen LogP contribution in [0.2, 0.25) is 0 Å². The summed E-state index contributed by atoms with van der Waals surface area (Å²) in [7, 11) is 0. The number of aryl methyl sites for hydroxylation is 1. The third-order valence-electron chi connectivity index (χ3n) is 2.91. The number of anilines is 1. The fourth-order valence-electron chi connectivity index (χ4n) is 2.06. The normalized spacial score (nSPS) is 10.9. The molecule has 3 rings (SSSR count). The van der Waals surface area contributed by atoms with Gasteiger partial charge in [0.1, 0.15) is 5.65 Å². The topological polar surface area (TPSA) is 43.3 Å². The second-order valence-corrected chi connectivity index (χ2v) is 4.16. The number of aromatic nitrogens is 2. The monoisotopic (exact) mass is 223 g/mol. The van der Waals surface area contributed by atoms with Gasteiger partial charge in [-0.1, -0.05) is 17.7 Å². The lowest BCUT2D eigenvalue weighted by Gasteiger charge is -2.09. The highest BCUT2D eigenvalue weighted by Gasteiger charge is 2.06. The largest absolute Gasteiger partial charge is 0.398 e. The predicted octanol–water partition coefficient (Wildman–Crippen LogP) is 2.89. The van der Waals surface area contributed by atoms with E-state index in [1.165, 1.54) is 5.56 Å². The van der Waals surface area contributed by atoms with Gasteiger partial charge in [-0.25, -0.2) is 4.98 Å². The van der Waals surface area contributed by atoms with Crippen LogP contribution < -0.4 is 5.73 Å². The fourth-order valence-corrected chi connectivity index (χ4v) is 2.06. The maximum absolute atomic E-state index is 6.05. The van der Waals surface area contributed by atoms with Crippen molar-refractivity contribution in [1.29, 1.82) is 0 Å². The summed E-state index contributed by atoms with van der Waals surface area (Å²) in [5.41, 5.74) is 11.1. The summed E-state index contributed by atoms with van der Waals surface area (Å²) >= 11 is 0. The van der Waals surface area contributed by atoms with Gasteiger partial charge in [0, 0.05) is 23.6 Å². The minimum absolute atomic E-state index is 0.789. The van der Waals surface area contributed by atoms with E-state index in [9.17, 15) is 0 Å². The first kappa shape index (κ1) is 9.90. The van der Waals surface area contributed by atoms with Gasteiger partial charge in [-0.3, -0.25) is 4.40 Å². The average molecular weight is 223 g/mol. The molecule has 1 aromatic carbocycles. The average Bonchev–Trinajstić information content (AvgIpc) is 2.80. The van der Waals surface area contributed by atoms with Crippen LogP contribution in [-0.2, 0) is 0 Å². The Balaban J connectivity index is 2.34. The van der Waals surface area contributed by atoms with Gasteiger partial charge < -0.3 is 5.73 Å². The Labute approximate surface area is 99.5 Å². The van der Waals surface area contributed by atoms with Crippen molar-refractivity contribution in [1.82, 2.24) is 9.38 Å². The van der Waals surface area contributed by atoms with Gasteiger partial charge in [0.15, 0.2) is 0 Å². The highest BCUT2D eigenvalue weighted by molar-refractivity contribution is 5.76. The van der Waals surface area contributed by atoms with E-state index >= 15 is 0 Å². The minimum atomic E-state index is 0.789. The molecule has 2 heterocycles. The highest BCUT2D eigenvalue weighted by atomic mass is 15.0. The van der Waals surface area contributed by atoms with Crippen molar-refractivity contribution < 1.29 is 0 Å². The first-order valence-corrected chi connectivity index (χ1v) is 5.54. The third-order valence-corrected chi connectivity index (χ3v) is 2.91. The molecule has 0 bridgehead atoms. The van der Waals surface area contributed by atoms with Gasteiger partial charge in [0.2, 0.25) is 0 Å². The Bertz CT molecular complexity index is 683. The van der Waals surface area contributed by atoms with Crippen LogP contribution in [0.1, 0.15) is 5.56 Å². The zero-order valence-electron chi connectivity index (χ0n) is 9.59. The Morgan fingerprint density at radius 3 is 2.94 bits per heavy atom. The van der Waals surface area contributed by atoms with Gasteiger partial charge in [-0.15, -0.1) is 0 Å². The molecule has 2 aromatic heterocycles. The number of nitrogen functional groups attached to an aromatic ring is 1. The molecule has 0 aliphatic rings. The molecule has 0 spiro atoms. The molecule has 0 amide bonds. The smallest absolute Gasteiger partial charge is 0.137 e. The van der Waals surface area contributed by atoms with Crippen molar-refractivity contribution in [3.8, 4) is 11.3 Å². The Morgan fingerprint density at radius 2 is 2.06 bits per heavy atom. The number of pyridine rings is 1. The lowest BCUT2D eigenvalue weighted by Crippen LogP contribution is -1.95. The molecule has 84 valence electrons. The van der Waals surface area contributed by atoms with E-state index in [-0.39, 0.29) is 0 Å². The van der Waals surface area contributed by atoms with Crippen molar-refractivity contribution in [3.05, 3.63) is 54.4 Å². The lowest BCUT2D eigenvalue weighted by atomic mass is 10.1. The molecule has 0 aliphatic carbocycles. The summed E-state index contributed by atoms with van der Waals surface area (Å²) in [6, 6.07) is 12.1. The van der Waals surface area contributed by atoms with Crippen LogP contribution in [0.4, 0.5) is 5.69 Å². The van der Waals surface area contributed by atoms with Crippen LogP contribution in [0.15, 0.2) is 48.8 Å². The summed E-state index contributed by atoms with van der Waals surface area (Å²) in [5, 5.41) is 0. The Hall–Kier alpha value is -2.29. The minimum Gasteiger partial charge on any atom is -0.398 e. The molecule has 17 heavy (non-hydrogen) atoms. The quantitative estimate of drug-likeness (QED) is 0.644. The molecule has 3 aromatic rings. The SMILES string of the molecule is Cc1ccc(N)c(-c2cccc3nccn23)c1. The molecule has 0 aliphatic heterocycles. The second-order valence-electron chi connectivity index (χ2n) is 4.16. The van der Waals surface area contributed by atoms with E-state index in [2.05, 4.69) is 24.0 Å². The van der Waals surface area contributed by atoms with Crippen LogP contribution >= 0.6 is 0 Å². The van der Waals surface area contributed by atoms with Crippen LogP contribution in [-0.4, -0.2) is 9.38 Å². The molecule has 3 heteroatoms. The molecule has 3 nitrogen and oxygen atoms in total. The third kappa shape index (κ3) is 1.56. The molecule has 0 unspecified atom stereocenters. The summed E-state index contributed by atoms with van der Waals surface area (Å²) in [6.45, 7) is 2.07. The molecule has 2 N–H and O–H groups in total. The lowest BCUT2D eigenvalue weighted by molar-refractivity contribution is 1.19. The number of benzene rings is 1. The molecule has 0 fully saturated rings. The van der Waals surface area contributed by atoms with Crippen LogP contribution in [0.3, 0.4) is 0 Å². The van der Waals surface area contributed by atoms with Crippen molar-refractivity contribution in [2.45, 2.75) is 6.92 Å². The standard InChI is InChI=1S/C14H13N3/c1-10-5-6-12(15)11(9-10)13-3-2-4-14-16-7-8-17(13)14/h2-9H,15H2,1H3. The van der Waals surface area contributed by atoms with Gasteiger partial charge in [0.05, 0.1) is 5.69 Å². The molecule has 0 saturated heterocycles. The van der Waals surface area contributed by atoms with E-state index in [0.717, 1.165) is 22.6 Å². The summed E-state index contributed by atoms with van der Waals surface area (Å²) in [6.07, 6.45) is 3.75. The summed E-state index contributed by atoms with van der Waals surface area (Å²) < 4.78 is 2.05. The highest BCUT2D eigenvalue weighted by Crippen LogP contribution is 2.27. The number of fused-ring (bicyclic) bond motifs is 1. The number of nitrogens with two attached hydrogens (primary N) is 1. The van der Waals surface area contributed by atoms with Crippen molar-refractivity contribution in [2.75, 3.05) is 5.73 Å². The molecule has 0 atom stereocenters. The fraction of sp³-hybridized carbons (Fsp3) is 0.0714. The van der Waals surface area contributed by atoms with Gasteiger partial charge >= 0.3 is 0 Å². The summed E-state index contributed by atoms with van der Waals surface area (Å²) in [4.78, 5) is 4.28. The first-order chi connectivity index (χ1) is 8.25. The molecule has 0 saturated carbocycles. The zero-order chi connectivity index (χ0) is 11.8. The molecule has 0 radical (unpaired) electrons. The molecular formula is C14H13N3. The number of imidazole rings is 1. The van der Waals surface area contributed by atoms with Crippen molar-refractivity contribution in [2.24, 2.45) is 0 Å². The van der Waals surface area contributed by atoms with Crippen LogP contribution in [0.25, 0.3) is 16.9 Å². The Morgan fingerprint density at radius 1 is 1.18 bits per heavy atom. The number of rotatable bonds is 1. The van der Waals surface area contributed by atoms with Gasteiger partial charge in [-0.2, -0.15) is 0 Å². The maximum atomic E-state index is 6.05. The number of hydrogen-bond acceptors (Lipinski definition) is 2. The van der Waals surface area contributed by atoms with E-state index in [1.807, 2.05) is 34.9 Å². The van der Waals surface area contributed by atoms with E-state index in [4.69, 9.17) is 5.73 Å². The molecular weight excluding hydrogens is 210 g/mol. The van der Waals surface area contributed by atoms with Crippen LogP contribution in [0, 0.1) is 6.92 Å². The zero-order valence-corrected chi connectivity index (χ0v) is 9.59. The first-order valence-electron chi connectivity index (χ1n) is 5.54. The van der Waals surface area contributed by atoms with Crippen LogP contribution in [0.5, 0.6) is 0 Å². The Kier molecular flexibility index (Phi) is 2.11. The maximum Gasteiger partial charge on any atom is 0.137 e. The second kappa shape index (κ2) is 3.63. The predicted molar refractivity (Wildman–Crippen MR) is 69.8 cm³/mol. The van der Waals surface area contributed by atoms with Gasteiger partial charge in [-0.05, 0) is 31.2 Å². The van der Waals surface area contributed by atoms with E-state index in [0.29, 0.717) is 0 Å². The summed E-state index contributed by atoms with van der Waals surface area (Å²) in [5.74, 6) is 0. The van der Waals surface area contributed by atoms with E-state index < -0.39 is 0 Å². The number of hydrogen-bond donors (Lipinski definition) is 1.